The number of benzene rings is 2. The monoisotopic (exact) mass is 408 g/mol. The van der Waals surface area contributed by atoms with Gasteiger partial charge in [0.15, 0.2) is 0 Å². The summed E-state index contributed by atoms with van der Waals surface area (Å²) in [6, 6.07) is 21.8. The Kier molecular flexibility index (Phi) is 7.19. The number of nitrogens with zero attached hydrogens (tertiary/aromatic N) is 2. The van der Waals surface area contributed by atoms with E-state index in [0.29, 0.717) is 12.0 Å². The van der Waals surface area contributed by atoms with Crippen molar-refractivity contribution in [2.75, 3.05) is 0 Å². The first-order valence-electron chi connectivity index (χ1n) is 11.1. The third kappa shape index (κ3) is 5.63. The van der Waals surface area contributed by atoms with Crippen LogP contribution < -0.4 is 0 Å². The van der Waals surface area contributed by atoms with E-state index >= 15 is 0 Å². The first-order valence-corrected chi connectivity index (χ1v) is 11.1. The lowest BCUT2D eigenvalue weighted by Crippen LogP contribution is -2.56. The number of carboxylic acid groups (broad SMARTS) is 1. The Morgan fingerprint density at radius 1 is 0.933 bits per heavy atom. The fourth-order valence-electron chi connectivity index (χ4n) is 4.94. The predicted octanol–water partition coefficient (Wildman–Crippen LogP) is 6.02. The van der Waals surface area contributed by atoms with Crippen molar-refractivity contribution in [3.8, 4) is 0 Å². The van der Waals surface area contributed by atoms with Crippen LogP contribution in [0.25, 0.3) is 0 Å². The quantitative estimate of drug-likeness (QED) is 0.635. The number of hydrogen-bond acceptors (Lipinski definition) is 2. The van der Waals surface area contributed by atoms with Crippen LogP contribution >= 0.6 is 0 Å². The molecule has 30 heavy (non-hydrogen) atoms. The van der Waals surface area contributed by atoms with Gasteiger partial charge in [-0.15, -0.1) is 0 Å². The Hall–Kier alpha value is -2.33. The van der Waals surface area contributed by atoms with E-state index in [9.17, 15) is 9.90 Å². The van der Waals surface area contributed by atoms with Crippen LogP contribution in [0.4, 0.5) is 4.79 Å². The molecule has 3 rings (SSSR count). The van der Waals surface area contributed by atoms with Crippen LogP contribution in [0.2, 0.25) is 0 Å². The predicted molar refractivity (Wildman–Crippen MR) is 122 cm³/mol. The normalized spacial score (nSPS) is 22.1. The van der Waals surface area contributed by atoms with E-state index in [-0.39, 0.29) is 11.6 Å². The van der Waals surface area contributed by atoms with Gasteiger partial charge in [0.05, 0.1) is 0 Å². The van der Waals surface area contributed by atoms with Gasteiger partial charge in [-0.2, -0.15) is 0 Å². The minimum Gasteiger partial charge on any atom is -0.465 e. The summed E-state index contributed by atoms with van der Waals surface area (Å²) in [7, 11) is 0. The highest BCUT2D eigenvalue weighted by Gasteiger charge is 2.40. The topological polar surface area (TPSA) is 43.8 Å². The second-order valence-electron chi connectivity index (χ2n) is 9.71. The first kappa shape index (κ1) is 22.4. The maximum atomic E-state index is 12.0. The Bertz CT molecular complexity index is 759. The summed E-state index contributed by atoms with van der Waals surface area (Å²) in [4.78, 5) is 16.3. The molecular weight excluding hydrogens is 372 g/mol. The molecule has 2 aromatic rings. The fraction of sp³-hybridized carbons (Fsp3) is 0.500. The van der Waals surface area contributed by atoms with Gasteiger partial charge >= 0.3 is 6.09 Å². The van der Waals surface area contributed by atoms with Crippen molar-refractivity contribution in [2.24, 2.45) is 5.92 Å². The van der Waals surface area contributed by atoms with Crippen LogP contribution in [0.1, 0.15) is 58.1 Å². The number of carbonyl (C=O) groups is 1. The maximum absolute atomic E-state index is 12.0. The zero-order chi connectivity index (χ0) is 21.7. The summed E-state index contributed by atoms with van der Waals surface area (Å²) >= 11 is 0. The van der Waals surface area contributed by atoms with Crippen LogP contribution in [0.3, 0.4) is 0 Å². The van der Waals surface area contributed by atoms with Crippen molar-refractivity contribution in [1.29, 1.82) is 0 Å². The third-order valence-corrected chi connectivity index (χ3v) is 6.33. The van der Waals surface area contributed by atoms with E-state index in [1.165, 1.54) is 11.1 Å². The van der Waals surface area contributed by atoms with E-state index in [1.807, 2.05) is 20.8 Å². The third-order valence-electron chi connectivity index (χ3n) is 6.33. The molecular formula is C26H36N2O2. The molecule has 0 aromatic heterocycles. The van der Waals surface area contributed by atoms with E-state index in [4.69, 9.17) is 0 Å². The lowest BCUT2D eigenvalue weighted by atomic mass is 9.79. The fourth-order valence-corrected chi connectivity index (χ4v) is 4.94. The second-order valence-corrected chi connectivity index (χ2v) is 9.71. The molecule has 1 aliphatic carbocycles. The SMILES string of the molecule is C[C@H]1C[C@H](N(Cc2ccccc2)Cc2ccccc2)CC[C@H]1N(C(=O)O)C(C)(C)C. The van der Waals surface area contributed by atoms with Crippen molar-refractivity contribution in [1.82, 2.24) is 9.80 Å². The van der Waals surface area contributed by atoms with Gasteiger partial charge in [-0.05, 0) is 57.1 Å². The number of hydrogen-bond donors (Lipinski definition) is 1. The molecule has 1 aliphatic rings. The summed E-state index contributed by atoms with van der Waals surface area (Å²) in [5.41, 5.74) is 2.26. The molecule has 0 bridgehead atoms. The van der Waals surface area contributed by atoms with Gasteiger partial charge in [-0.1, -0.05) is 67.6 Å². The molecule has 0 unspecified atom stereocenters. The standard InChI is InChI=1S/C26H36N2O2/c1-20-17-23(15-16-24(20)28(25(29)30)26(2,3)4)27(18-21-11-7-5-8-12-21)19-22-13-9-6-10-14-22/h5-14,20,23-24H,15-19H2,1-4H3,(H,29,30)/t20-,23+,24+/m0/s1. The molecule has 4 nitrogen and oxygen atoms in total. The van der Waals surface area contributed by atoms with Gasteiger partial charge in [0.2, 0.25) is 0 Å². The van der Waals surface area contributed by atoms with E-state index < -0.39 is 6.09 Å². The van der Waals surface area contributed by atoms with Crippen LogP contribution in [-0.4, -0.2) is 38.6 Å². The molecule has 1 N–H and O–H groups in total. The Labute approximate surface area is 181 Å². The molecule has 3 atom stereocenters. The van der Waals surface area contributed by atoms with Crippen LogP contribution in [0, 0.1) is 5.92 Å². The smallest absolute Gasteiger partial charge is 0.407 e. The van der Waals surface area contributed by atoms with E-state index in [0.717, 1.165) is 32.4 Å². The molecule has 2 aromatic carbocycles. The molecule has 1 amide bonds. The second kappa shape index (κ2) is 9.65. The summed E-state index contributed by atoms with van der Waals surface area (Å²) in [6.45, 7) is 10.0. The minimum absolute atomic E-state index is 0.0778. The van der Waals surface area contributed by atoms with Crippen LogP contribution in [-0.2, 0) is 13.1 Å². The van der Waals surface area contributed by atoms with Crippen molar-refractivity contribution in [2.45, 2.75) is 77.7 Å². The summed E-state index contributed by atoms with van der Waals surface area (Å²) in [6.07, 6.45) is 2.15. The van der Waals surface area contributed by atoms with Crippen molar-refractivity contribution >= 4 is 6.09 Å². The number of amides is 1. The minimum atomic E-state index is -0.803. The van der Waals surface area contributed by atoms with E-state index in [2.05, 4.69) is 72.5 Å². The Morgan fingerprint density at radius 2 is 1.43 bits per heavy atom. The zero-order valence-corrected chi connectivity index (χ0v) is 18.8. The average Bonchev–Trinajstić information content (AvgIpc) is 2.69. The highest BCUT2D eigenvalue weighted by molar-refractivity contribution is 5.66. The highest BCUT2D eigenvalue weighted by Crippen LogP contribution is 2.35. The summed E-state index contributed by atoms with van der Waals surface area (Å²) in [5, 5.41) is 9.86. The van der Waals surface area contributed by atoms with Crippen molar-refractivity contribution in [3.63, 3.8) is 0 Å². The van der Waals surface area contributed by atoms with Gasteiger partial charge in [0.1, 0.15) is 0 Å². The highest BCUT2D eigenvalue weighted by atomic mass is 16.4. The van der Waals surface area contributed by atoms with Gasteiger partial charge in [-0.25, -0.2) is 4.79 Å². The summed E-state index contributed by atoms with van der Waals surface area (Å²) in [5.74, 6) is 0.327. The molecule has 0 spiro atoms. The average molecular weight is 409 g/mol. The Morgan fingerprint density at radius 3 is 1.83 bits per heavy atom. The molecule has 162 valence electrons. The molecule has 1 fully saturated rings. The van der Waals surface area contributed by atoms with Crippen molar-refractivity contribution < 1.29 is 9.90 Å². The first-order chi connectivity index (χ1) is 14.3. The van der Waals surface area contributed by atoms with Crippen LogP contribution in [0.5, 0.6) is 0 Å². The summed E-state index contributed by atoms with van der Waals surface area (Å²) < 4.78 is 0. The van der Waals surface area contributed by atoms with Gasteiger partial charge in [0.25, 0.3) is 0 Å². The molecule has 0 radical (unpaired) electrons. The largest absolute Gasteiger partial charge is 0.465 e. The van der Waals surface area contributed by atoms with Gasteiger partial charge in [0, 0.05) is 30.7 Å². The zero-order valence-electron chi connectivity index (χ0n) is 18.8. The molecule has 0 heterocycles. The lowest BCUT2D eigenvalue weighted by Gasteiger charge is -2.47. The lowest BCUT2D eigenvalue weighted by molar-refractivity contribution is 0.0125. The molecule has 0 saturated heterocycles. The van der Waals surface area contributed by atoms with Gasteiger partial charge < -0.3 is 10.0 Å². The van der Waals surface area contributed by atoms with Crippen molar-refractivity contribution in [3.05, 3.63) is 71.8 Å². The maximum Gasteiger partial charge on any atom is 0.407 e. The molecule has 1 saturated carbocycles. The number of rotatable bonds is 6. The molecule has 0 aliphatic heterocycles. The van der Waals surface area contributed by atoms with Gasteiger partial charge in [-0.3, -0.25) is 4.90 Å². The molecule has 4 heteroatoms. The Balaban J connectivity index is 1.77. The van der Waals surface area contributed by atoms with Crippen LogP contribution in [0.15, 0.2) is 60.7 Å². The van der Waals surface area contributed by atoms with E-state index in [1.54, 1.807) is 4.90 Å².